The van der Waals surface area contributed by atoms with Gasteiger partial charge in [-0.1, -0.05) is 0 Å². The van der Waals surface area contributed by atoms with Crippen molar-refractivity contribution in [1.82, 2.24) is 10.2 Å². The van der Waals surface area contributed by atoms with Gasteiger partial charge in [0.05, 0.1) is 0 Å². The van der Waals surface area contributed by atoms with Crippen LogP contribution in [-0.4, -0.2) is 50.2 Å². The molecule has 1 heterocycles. The lowest BCUT2D eigenvalue weighted by atomic mass is 10.1. The van der Waals surface area contributed by atoms with Gasteiger partial charge < -0.3 is 16.8 Å². The summed E-state index contributed by atoms with van der Waals surface area (Å²) in [5, 5.41) is 3.45. The van der Waals surface area contributed by atoms with Crippen LogP contribution in [0.2, 0.25) is 0 Å². The van der Waals surface area contributed by atoms with Crippen molar-refractivity contribution in [3.63, 3.8) is 0 Å². The highest BCUT2D eigenvalue weighted by molar-refractivity contribution is 4.78. The third kappa shape index (κ3) is 3.06. The maximum absolute atomic E-state index is 5.50. The fraction of sp³-hybridized carbons (Fsp3) is 1.00. The van der Waals surface area contributed by atoms with Gasteiger partial charge in [0.25, 0.3) is 0 Å². The summed E-state index contributed by atoms with van der Waals surface area (Å²) in [6.07, 6.45) is 1.07. The summed E-state index contributed by atoms with van der Waals surface area (Å²) in [6.45, 7) is 5.85. The van der Waals surface area contributed by atoms with Gasteiger partial charge in [0.15, 0.2) is 0 Å². The third-order valence-corrected chi connectivity index (χ3v) is 2.30. The van der Waals surface area contributed by atoms with Gasteiger partial charge in [-0.3, -0.25) is 4.90 Å². The molecule has 1 fully saturated rings. The average molecular weight is 172 g/mol. The highest BCUT2D eigenvalue weighted by Crippen LogP contribution is 2.00. The Bertz CT molecular complexity index is 102. The molecule has 1 saturated heterocycles. The summed E-state index contributed by atoms with van der Waals surface area (Å²) in [6, 6.07) is 0.579. The molecule has 4 nitrogen and oxygen atoms in total. The van der Waals surface area contributed by atoms with E-state index in [9.17, 15) is 0 Å². The lowest BCUT2D eigenvalue weighted by molar-refractivity contribution is 0.200. The Morgan fingerprint density at radius 3 is 2.83 bits per heavy atom. The smallest absolute Gasteiger partial charge is 0.0207 e. The fourth-order valence-corrected chi connectivity index (χ4v) is 1.67. The monoisotopic (exact) mass is 172 g/mol. The molecule has 1 rings (SSSR count). The molecule has 12 heavy (non-hydrogen) atoms. The van der Waals surface area contributed by atoms with Crippen LogP contribution in [0.3, 0.4) is 0 Å². The van der Waals surface area contributed by atoms with E-state index in [0.29, 0.717) is 6.04 Å². The van der Waals surface area contributed by atoms with Crippen LogP contribution in [0.15, 0.2) is 0 Å². The molecule has 4 heteroatoms. The largest absolute Gasteiger partial charge is 0.330 e. The van der Waals surface area contributed by atoms with Gasteiger partial charge in [-0.2, -0.15) is 0 Å². The van der Waals surface area contributed by atoms with Crippen LogP contribution in [0, 0.1) is 0 Å². The van der Waals surface area contributed by atoms with Gasteiger partial charge >= 0.3 is 0 Å². The van der Waals surface area contributed by atoms with E-state index < -0.39 is 0 Å². The molecule has 1 aliphatic rings. The molecular formula is C8H20N4. The summed E-state index contributed by atoms with van der Waals surface area (Å²) < 4.78 is 0. The number of hydrogen-bond donors (Lipinski definition) is 3. The number of nitrogens with zero attached hydrogens (tertiary/aromatic N) is 1. The Kier molecular flexibility index (Phi) is 4.53. The van der Waals surface area contributed by atoms with Crippen molar-refractivity contribution in [2.75, 3.05) is 39.3 Å². The van der Waals surface area contributed by atoms with Crippen molar-refractivity contribution in [1.29, 1.82) is 0 Å². The molecule has 0 amide bonds. The van der Waals surface area contributed by atoms with E-state index in [1.807, 2.05) is 0 Å². The minimum atomic E-state index is 0.579. The third-order valence-electron chi connectivity index (χ3n) is 2.30. The lowest BCUT2D eigenvalue weighted by Gasteiger charge is -2.33. The highest BCUT2D eigenvalue weighted by atomic mass is 15.2. The summed E-state index contributed by atoms with van der Waals surface area (Å²) in [5.41, 5.74) is 11.0. The Labute approximate surface area is 74.3 Å². The Hall–Kier alpha value is -0.160. The molecule has 1 atom stereocenters. The maximum atomic E-state index is 5.50. The van der Waals surface area contributed by atoms with Crippen molar-refractivity contribution in [2.24, 2.45) is 11.5 Å². The van der Waals surface area contributed by atoms with Crippen LogP contribution < -0.4 is 16.8 Å². The second-order valence-electron chi connectivity index (χ2n) is 3.32. The molecule has 0 saturated carbocycles. The second kappa shape index (κ2) is 5.48. The van der Waals surface area contributed by atoms with Gasteiger partial charge in [0.1, 0.15) is 0 Å². The lowest BCUT2D eigenvalue weighted by Crippen LogP contribution is -2.52. The van der Waals surface area contributed by atoms with E-state index in [1.165, 1.54) is 0 Å². The molecule has 0 spiro atoms. The summed E-state index contributed by atoms with van der Waals surface area (Å²) >= 11 is 0. The standard InChI is InChI=1S/C8H20N4/c9-2-1-8-7-12(5-3-10)6-4-11-8/h8,11H,1-7,9-10H2. The number of nitrogens with two attached hydrogens (primary N) is 2. The van der Waals surface area contributed by atoms with E-state index in [1.54, 1.807) is 0 Å². The molecule has 5 N–H and O–H groups in total. The number of nitrogens with one attached hydrogen (secondary N) is 1. The zero-order valence-corrected chi connectivity index (χ0v) is 7.63. The molecular weight excluding hydrogens is 152 g/mol. The van der Waals surface area contributed by atoms with Crippen molar-refractivity contribution < 1.29 is 0 Å². The number of piperazine rings is 1. The van der Waals surface area contributed by atoms with Crippen molar-refractivity contribution in [3.05, 3.63) is 0 Å². The first-order valence-electron chi connectivity index (χ1n) is 4.72. The van der Waals surface area contributed by atoms with Gasteiger partial charge in [0.2, 0.25) is 0 Å². The van der Waals surface area contributed by atoms with Gasteiger partial charge in [-0.15, -0.1) is 0 Å². The van der Waals surface area contributed by atoms with Gasteiger partial charge in [-0.25, -0.2) is 0 Å². The first kappa shape index (κ1) is 9.92. The van der Waals surface area contributed by atoms with Crippen LogP contribution in [0.25, 0.3) is 0 Å². The summed E-state index contributed by atoms with van der Waals surface area (Å²) in [4.78, 5) is 2.40. The quantitative estimate of drug-likeness (QED) is 0.486. The van der Waals surface area contributed by atoms with E-state index in [-0.39, 0.29) is 0 Å². The molecule has 0 aliphatic carbocycles. The highest BCUT2D eigenvalue weighted by Gasteiger charge is 2.17. The minimum Gasteiger partial charge on any atom is -0.330 e. The zero-order chi connectivity index (χ0) is 8.81. The van der Waals surface area contributed by atoms with Crippen LogP contribution in [0.1, 0.15) is 6.42 Å². The zero-order valence-electron chi connectivity index (χ0n) is 7.63. The molecule has 1 unspecified atom stereocenters. The SMILES string of the molecule is NCCC1CN(CCN)CCN1. The van der Waals surface area contributed by atoms with E-state index >= 15 is 0 Å². The first-order valence-corrected chi connectivity index (χ1v) is 4.72. The predicted molar refractivity (Wildman–Crippen MR) is 51.0 cm³/mol. The maximum Gasteiger partial charge on any atom is 0.0207 e. The normalized spacial score (nSPS) is 26.0. The predicted octanol–water partition coefficient (Wildman–Crippen LogP) is -1.43. The van der Waals surface area contributed by atoms with Crippen LogP contribution >= 0.6 is 0 Å². The molecule has 0 aromatic heterocycles. The Balaban J connectivity index is 2.20. The molecule has 1 aliphatic heterocycles. The van der Waals surface area contributed by atoms with Crippen LogP contribution in [0.5, 0.6) is 0 Å². The fourth-order valence-electron chi connectivity index (χ4n) is 1.67. The summed E-state index contributed by atoms with van der Waals surface area (Å²) in [5.74, 6) is 0. The van der Waals surface area contributed by atoms with Crippen molar-refractivity contribution in [3.8, 4) is 0 Å². The number of rotatable bonds is 4. The topological polar surface area (TPSA) is 67.3 Å². The summed E-state index contributed by atoms with van der Waals surface area (Å²) in [7, 11) is 0. The number of hydrogen-bond acceptors (Lipinski definition) is 4. The molecule has 0 aromatic carbocycles. The van der Waals surface area contributed by atoms with Crippen molar-refractivity contribution in [2.45, 2.75) is 12.5 Å². The van der Waals surface area contributed by atoms with E-state index in [4.69, 9.17) is 11.5 Å². The van der Waals surface area contributed by atoms with Crippen molar-refractivity contribution >= 4 is 0 Å². The van der Waals surface area contributed by atoms with Crippen LogP contribution in [-0.2, 0) is 0 Å². The van der Waals surface area contributed by atoms with Gasteiger partial charge in [-0.05, 0) is 13.0 Å². The van der Waals surface area contributed by atoms with E-state index in [2.05, 4.69) is 10.2 Å². The van der Waals surface area contributed by atoms with E-state index in [0.717, 1.165) is 45.7 Å². The second-order valence-corrected chi connectivity index (χ2v) is 3.32. The molecule has 0 bridgehead atoms. The average Bonchev–Trinajstić information content (AvgIpc) is 2.06. The Morgan fingerprint density at radius 2 is 2.17 bits per heavy atom. The molecule has 0 radical (unpaired) electrons. The molecule has 0 aromatic rings. The first-order chi connectivity index (χ1) is 5.86. The Morgan fingerprint density at radius 1 is 1.33 bits per heavy atom. The molecule has 72 valence electrons. The van der Waals surface area contributed by atoms with Crippen LogP contribution in [0.4, 0.5) is 0 Å². The van der Waals surface area contributed by atoms with Gasteiger partial charge in [0, 0.05) is 38.8 Å². The minimum absolute atomic E-state index is 0.579.